The van der Waals surface area contributed by atoms with Crippen LogP contribution >= 0.6 is 12.4 Å². The van der Waals surface area contributed by atoms with E-state index in [1.54, 1.807) is 24.3 Å². The van der Waals surface area contributed by atoms with Crippen LogP contribution in [0.25, 0.3) is 11.3 Å². The number of halogens is 2. The molecule has 1 aromatic carbocycles. The van der Waals surface area contributed by atoms with Gasteiger partial charge >= 0.3 is 5.97 Å². The number of ether oxygens (including phenoxy) is 2. The van der Waals surface area contributed by atoms with Crippen molar-refractivity contribution in [1.82, 2.24) is 15.0 Å². The first kappa shape index (κ1) is 23.5. The maximum atomic E-state index is 14.0. The molecular weight excluding hydrogens is 429 g/mol. The molecule has 162 valence electrons. The highest BCUT2D eigenvalue weighted by atomic mass is 35.5. The van der Waals surface area contributed by atoms with Crippen molar-refractivity contribution in [2.45, 2.75) is 19.8 Å². The summed E-state index contributed by atoms with van der Waals surface area (Å²) in [4.78, 5) is 34.7. The maximum Gasteiger partial charge on any atom is 0.312 e. The summed E-state index contributed by atoms with van der Waals surface area (Å²) in [5.41, 5.74) is 11.8. The summed E-state index contributed by atoms with van der Waals surface area (Å²) >= 11 is 0. The summed E-state index contributed by atoms with van der Waals surface area (Å²) in [7, 11) is 0. The van der Waals surface area contributed by atoms with Crippen molar-refractivity contribution in [3.63, 3.8) is 0 Å². The number of nitrogen functional groups attached to an aromatic ring is 1. The third kappa shape index (κ3) is 5.86. The van der Waals surface area contributed by atoms with Crippen molar-refractivity contribution in [2.24, 2.45) is 5.73 Å². The monoisotopic (exact) mass is 447 g/mol. The zero-order valence-electron chi connectivity index (χ0n) is 16.4. The lowest BCUT2D eigenvalue weighted by Crippen LogP contribution is -2.11. The van der Waals surface area contributed by atoms with Crippen LogP contribution in [-0.2, 0) is 4.79 Å². The average Bonchev–Trinajstić information content (AvgIpc) is 2.72. The zero-order valence-corrected chi connectivity index (χ0v) is 17.2. The molecule has 2 heterocycles. The minimum Gasteiger partial charge on any atom is -0.436 e. The lowest BCUT2D eigenvalue weighted by molar-refractivity contribution is -0.134. The Hall–Kier alpha value is -3.79. The Balaban J connectivity index is 0.00000341. The van der Waals surface area contributed by atoms with Crippen LogP contribution in [0.5, 0.6) is 17.5 Å². The van der Waals surface area contributed by atoms with Gasteiger partial charge in [-0.1, -0.05) is 6.92 Å². The second kappa shape index (κ2) is 10.3. The normalized spacial score (nSPS) is 10.1. The van der Waals surface area contributed by atoms with Gasteiger partial charge in [-0.05, 0) is 36.8 Å². The van der Waals surface area contributed by atoms with Gasteiger partial charge in [0.2, 0.25) is 5.91 Å². The van der Waals surface area contributed by atoms with Gasteiger partial charge in [0, 0.05) is 18.2 Å². The first-order chi connectivity index (χ1) is 14.4. The summed E-state index contributed by atoms with van der Waals surface area (Å²) in [5, 5.41) is 0. The molecule has 0 unspecified atom stereocenters. The van der Waals surface area contributed by atoms with Gasteiger partial charge < -0.3 is 20.9 Å². The summed E-state index contributed by atoms with van der Waals surface area (Å²) in [5.74, 6) is -2.12. The predicted molar refractivity (Wildman–Crippen MR) is 112 cm³/mol. The van der Waals surface area contributed by atoms with Crippen LogP contribution in [0.1, 0.15) is 30.1 Å². The van der Waals surface area contributed by atoms with Gasteiger partial charge in [-0.25, -0.2) is 19.3 Å². The van der Waals surface area contributed by atoms with Crippen LogP contribution in [0.15, 0.2) is 42.7 Å². The van der Waals surface area contributed by atoms with Crippen molar-refractivity contribution in [3.8, 4) is 28.8 Å². The number of rotatable bonds is 7. The van der Waals surface area contributed by atoms with E-state index in [1.807, 2.05) is 6.92 Å². The maximum absolute atomic E-state index is 14.0. The Morgan fingerprint density at radius 3 is 2.42 bits per heavy atom. The molecule has 0 saturated carbocycles. The first-order valence-electron chi connectivity index (χ1n) is 8.94. The molecule has 3 aromatic rings. The van der Waals surface area contributed by atoms with E-state index < -0.39 is 17.7 Å². The third-order valence-corrected chi connectivity index (χ3v) is 3.89. The SMILES string of the molecule is CCCC(=O)Oc1nc(-c2ccc(Oc3ncc(C(N)=O)cc3F)cc2)cnc1N.Cl. The highest BCUT2D eigenvalue weighted by Crippen LogP contribution is 2.27. The van der Waals surface area contributed by atoms with Crippen LogP contribution in [-0.4, -0.2) is 26.8 Å². The second-order valence-electron chi connectivity index (χ2n) is 6.17. The molecule has 0 atom stereocenters. The highest BCUT2D eigenvalue weighted by Gasteiger charge is 2.13. The molecule has 4 N–H and O–H groups in total. The lowest BCUT2D eigenvalue weighted by Gasteiger charge is -2.09. The molecule has 11 heteroatoms. The molecular formula is C20H19ClFN5O4. The van der Waals surface area contributed by atoms with E-state index in [0.717, 1.165) is 12.3 Å². The first-order valence-corrected chi connectivity index (χ1v) is 8.94. The number of amides is 1. The molecule has 0 fully saturated rings. The Kier molecular flexibility index (Phi) is 7.81. The summed E-state index contributed by atoms with van der Waals surface area (Å²) < 4.78 is 24.6. The van der Waals surface area contributed by atoms with Crippen molar-refractivity contribution in [2.75, 3.05) is 5.73 Å². The fourth-order valence-corrected chi connectivity index (χ4v) is 2.40. The number of carbonyl (C=O) groups is 2. The average molecular weight is 448 g/mol. The number of benzene rings is 1. The molecule has 2 aromatic heterocycles. The van der Waals surface area contributed by atoms with E-state index in [-0.39, 0.29) is 42.0 Å². The van der Waals surface area contributed by atoms with Gasteiger partial charge in [0.05, 0.1) is 17.5 Å². The van der Waals surface area contributed by atoms with Gasteiger partial charge in [-0.2, -0.15) is 0 Å². The van der Waals surface area contributed by atoms with Crippen molar-refractivity contribution in [3.05, 3.63) is 54.1 Å². The Morgan fingerprint density at radius 2 is 1.81 bits per heavy atom. The van der Waals surface area contributed by atoms with Crippen LogP contribution in [0.3, 0.4) is 0 Å². The molecule has 9 nitrogen and oxygen atoms in total. The number of hydrogen-bond donors (Lipinski definition) is 2. The molecule has 3 rings (SSSR count). The predicted octanol–water partition coefficient (Wildman–Crippen LogP) is 3.28. The van der Waals surface area contributed by atoms with Crippen molar-refractivity contribution in [1.29, 1.82) is 0 Å². The van der Waals surface area contributed by atoms with Gasteiger partial charge in [-0.15, -0.1) is 12.4 Å². The molecule has 31 heavy (non-hydrogen) atoms. The van der Waals surface area contributed by atoms with Gasteiger partial charge in [0.1, 0.15) is 5.75 Å². The summed E-state index contributed by atoms with van der Waals surface area (Å²) in [6.45, 7) is 1.85. The largest absolute Gasteiger partial charge is 0.436 e. The highest BCUT2D eigenvalue weighted by molar-refractivity contribution is 5.92. The molecule has 0 aliphatic rings. The van der Waals surface area contributed by atoms with Crippen LogP contribution < -0.4 is 20.9 Å². The number of anilines is 1. The molecule has 0 saturated heterocycles. The molecule has 1 amide bonds. The Labute approximate surface area is 183 Å². The molecule has 0 radical (unpaired) electrons. The van der Waals surface area contributed by atoms with Gasteiger partial charge in [0.25, 0.3) is 11.8 Å². The van der Waals surface area contributed by atoms with E-state index in [1.165, 1.54) is 6.20 Å². The van der Waals surface area contributed by atoms with E-state index in [4.69, 9.17) is 20.9 Å². The number of nitrogens with two attached hydrogens (primary N) is 2. The summed E-state index contributed by atoms with van der Waals surface area (Å²) in [6.07, 6.45) is 3.43. The van der Waals surface area contributed by atoms with Gasteiger partial charge in [-0.3, -0.25) is 9.59 Å². The third-order valence-electron chi connectivity index (χ3n) is 3.89. The minimum absolute atomic E-state index is 0. The molecule has 0 bridgehead atoms. The number of esters is 1. The number of hydrogen-bond acceptors (Lipinski definition) is 8. The Bertz CT molecular complexity index is 1100. The molecule has 0 aliphatic heterocycles. The van der Waals surface area contributed by atoms with E-state index in [0.29, 0.717) is 23.4 Å². The second-order valence-corrected chi connectivity index (χ2v) is 6.17. The fraction of sp³-hybridized carbons (Fsp3) is 0.150. The Morgan fingerprint density at radius 1 is 1.10 bits per heavy atom. The van der Waals surface area contributed by atoms with Crippen molar-refractivity contribution >= 4 is 30.1 Å². The summed E-state index contributed by atoms with van der Waals surface area (Å²) in [6, 6.07) is 7.40. The number of nitrogens with zero attached hydrogens (tertiary/aromatic N) is 3. The number of carbonyl (C=O) groups excluding carboxylic acids is 2. The topological polar surface area (TPSA) is 143 Å². The minimum atomic E-state index is -0.821. The van der Waals surface area contributed by atoms with Gasteiger partial charge in [0.15, 0.2) is 11.6 Å². The van der Waals surface area contributed by atoms with Crippen molar-refractivity contribution < 1.29 is 23.5 Å². The van der Waals surface area contributed by atoms with E-state index in [2.05, 4.69) is 15.0 Å². The van der Waals surface area contributed by atoms with Crippen LogP contribution in [0.2, 0.25) is 0 Å². The number of aromatic nitrogens is 3. The van der Waals surface area contributed by atoms with Crippen LogP contribution in [0.4, 0.5) is 10.2 Å². The smallest absolute Gasteiger partial charge is 0.312 e. The zero-order chi connectivity index (χ0) is 21.7. The quantitative estimate of drug-likeness (QED) is 0.525. The van der Waals surface area contributed by atoms with Crippen LogP contribution in [0, 0.1) is 5.82 Å². The molecule has 0 aliphatic carbocycles. The number of pyridine rings is 1. The standard InChI is InChI=1S/C20H18FN5O4.ClH/c1-2-3-16(27)30-20-17(22)24-10-15(26-20)11-4-6-13(7-5-11)29-19-14(21)8-12(9-25-19)18(23)28;/h4-10H,2-3H2,1H3,(H2,22,24)(H2,23,28);1H. The fourth-order valence-electron chi connectivity index (χ4n) is 2.40. The molecule has 0 spiro atoms. The number of primary amides is 1. The van der Waals surface area contributed by atoms with E-state index >= 15 is 0 Å². The van der Waals surface area contributed by atoms with E-state index in [9.17, 15) is 14.0 Å². The lowest BCUT2D eigenvalue weighted by atomic mass is 10.1.